The summed E-state index contributed by atoms with van der Waals surface area (Å²) in [7, 11) is 0. The molecule has 0 saturated carbocycles. The van der Waals surface area contributed by atoms with Gasteiger partial charge in [-0.1, -0.05) is 35.5 Å². The Kier molecular flexibility index (Phi) is 3.29. The van der Waals surface area contributed by atoms with E-state index in [4.69, 9.17) is 13.4 Å². The topological polar surface area (TPSA) is 104 Å². The van der Waals surface area contributed by atoms with Gasteiger partial charge in [-0.2, -0.15) is 4.98 Å². The fourth-order valence-corrected chi connectivity index (χ4v) is 2.94. The highest BCUT2D eigenvalue weighted by Crippen LogP contribution is 2.20. The van der Waals surface area contributed by atoms with E-state index in [1.165, 1.54) is 4.57 Å². The Balaban J connectivity index is 1.55. The maximum Gasteiger partial charge on any atom is 0.420 e. The van der Waals surface area contributed by atoms with E-state index in [2.05, 4.69) is 10.1 Å². The van der Waals surface area contributed by atoms with Crippen LogP contribution in [0.25, 0.3) is 33.5 Å². The van der Waals surface area contributed by atoms with Crippen LogP contribution in [0.15, 0.2) is 77.5 Å². The minimum Gasteiger partial charge on any atom is -0.422 e. The van der Waals surface area contributed by atoms with E-state index in [1.54, 1.807) is 42.5 Å². The summed E-state index contributed by atoms with van der Waals surface area (Å²) in [5, 5.41) is 4.61. The van der Waals surface area contributed by atoms with Gasteiger partial charge < -0.3 is 13.4 Å². The van der Waals surface area contributed by atoms with E-state index in [0.717, 1.165) is 5.39 Å². The summed E-state index contributed by atoms with van der Waals surface area (Å²) >= 11 is 0. The molecule has 0 aliphatic heterocycles. The van der Waals surface area contributed by atoms with Crippen molar-refractivity contribution in [1.29, 1.82) is 0 Å². The van der Waals surface area contributed by atoms with Gasteiger partial charge in [0.25, 0.3) is 5.89 Å². The third-order valence-electron chi connectivity index (χ3n) is 4.21. The van der Waals surface area contributed by atoms with Gasteiger partial charge in [-0.15, -0.1) is 0 Å². The molecule has 8 heteroatoms. The quantitative estimate of drug-likeness (QED) is 0.455. The van der Waals surface area contributed by atoms with Gasteiger partial charge in [-0.05, 0) is 24.3 Å². The highest BCUT2D eigenvalue weighted by atomic mass is 16.5. The molecule has 5 rings (SSSR count). The molecule has 0 fully saturated rings. The molecule has 0 unspecified atom stereocenters. The summed E-state index contributed by atoms with van der Waals surface area (Å²) in [6.07, 6.45) is 0. The van der Waals surface area contributed by atoms with E-state index in [1.807, 2.05) is 12.1 Å². The molecular weight excluding hydrogens is 350 g/mol. The molecule has 0 bridgehead atoms. The van der Waals surface area contributed by atoms with Crippen molar-refractivity contribution in [3.63, 3.8) is 0 Å². The normalized spacial score (nSPS) is 11.4. The van der Waals surface area contributed by atoms with Gasteiger partial charge >= 0.3 is 11.4 Å². The Morgan fingerprint density at radius 2 is 1.70 bits per heavy atom. The third kappa shape index (κ3) is 2.54. The van der Waals surface area contributed by atoms with Crippen LogP contribution in [0.5, 0.6) is 0 Å². The first kappa shape index (κ1) is 15.3. The predicted molar refractivity (Wildman–Crippen MR) is 95.4 cm³/mol. The van der Waals surface area contributed by atoms with Crippen LogP contribution in [0.1, 0.15) is 5.82 Å². The van der Waals surface area contributed by atoms with Crippen molar-refractivity contribution in [3.05, 3.63) is 81.4 Å². The van der Waals surface area contributed by atoms with Crippen molar-refractivity contribution >= 4 is 22.1 Å². The van der Waals surface area contributed by atoms with Crippen LogP contribution in [-0.2, 0) is 6.54 Å². The standard InChI is InChI=1S/C19H11N3O5/c23-18-12(9-11-5-1-3-7-14(11)25-18)17-20-16(21-27-17)10-22-13-6-2-4-8-15(13)26-19(22)24/h1-9H,10H2. The van der Waals surface area contributed by atoms with E-state index in [9.17, 15) is 9.59 Å². The van der Waals surface area contributed by atoms with Crippen molar-refractivity contribution in [2.75, 3.05) is 0 Å². The highest BCUT2D eigenvalue weighted by molar-refractivity contribution is 5.80. The van der Waals surface area contributed by atoms with Crippen molar-refractivity contribution in [2.45, 2.75) is 6.54 Å². The van der Waals surface area contributed by atoms with Gasteiger partial charge in [-0.3, -0.25) is 4.57 Å². The molecule has 132 valence electrons. The molecule has 27 heavy (non-hydrogen) atoms. The minimum absolute atomic E-state index is 0.0327. The molecule has 0 aliphatic rings. The van der Waals surface area contributed by atoms with Gasteiger partial charge in [0.2, 0.25) is 0 Å². The molecule has 8 nitrogen and oxygen atoms in total. The maximum atomic E-state index is 12.2. The monoisotopic (exact) mass is 361 g/mol. The number of benzene rings is 2. The Labute approximate surface area is 150 Å². The largest absolute Gasteiger partial charge is 0.422 e. The first-order valence-corrected chi connectivity index (χ1v) is 8.13. The fourth-order valence-electron chi connectivity index (χ4n) is 2.94. The van der Waals surface area contributed by atoms with Gasteiger partial charge in [0, 0.05) is 5.39 Å². The second kappa shape index (κ2) is 5.80. The predicted octanol–water partition coefficient (Wildman–Crippen LogP) is 2.80. The number of hydrogen-bond donors (Lipinski definition) is 0. The number of para-hydroxylation sites is 3. The molecule has 0 aliphatic carbocycles. The lowest BCUT2D eigenvalue weighted by Gasteiger charge is -1.98. The van der Waals surface area contributed by atoms with Gasteiger partial charge in [0.1, 0.15) is 11.1 Å². The van der Waals surface area contributed by atoms with Crippen LogP contribution >= 0.6 is 0 Å². The van der Waals surface area contributed by atoms with Crippen molar-refractivity contribution in [3.8, 4) is 11.5 Å². The summed E-state index contributed by atoms with van der Waals surface area (Å²) in [6, 6.07) is 15.8. The molecule has 2 aromatic carbocycles. The molecule has 5 aromatic rings. The minimum atomic E-state index is -0.574. The second-order valence-corrected chi connectivity index (χ2v) is 5.92. The first-order valence-electron chi connectivity index (χ1n) is 8.13. The van der Waals surface area contributed by atoms with E-state index < -0.39 is 11.4 Å². The smallest absolute Gasteiger partial charge is 0.420 e. The van der Waals surface area contributed by atoms with Gasteiger partial charge in [0.15, 0.2) is 11.4 Å². The van der Waals surface area contributed by atoms with Crippen LogP contribution < -0.4 is 11.4 Å². The number of nitrogens with zero attached hydrogens (tertiary/aromatic N) is 3. The number of fused-ring (bicyclic) bond motifs is 2. The maximum absolute atomic E-state index is 12.2. The Bertz CT molecular complexity index is 1410. The summed E-state index contributed by atoms with van der Waals surface area (Å²) in [5.41, 5.74) is 1.16. The van der Waals surface area contributed by atoms with Gasteiger partial charge in [-0.25, -0.2) is 9.59 Å². The summed E-state index contributed by atoms with van der Waals surface area (Å²) in [5.74, 6) is -0.246. The second-order valence-electron chi connectivity index (χ2n) is 5.92. The SMILES string of the molecule is O=c1oc2ccccc2cc1-c1nc(Cn2c(=O)oc3ccccc32)no1. The lowest BCUT2D eigenvalue weighted by Crippen LogP contribution is -2.15. The lowest BCUT2D eigenvalue weighted by atomic mass is 10.2. The zero-order valence-electron chi connectivity index (χ0n) is 13.8. The van der Waals surface area contributed by atoms with E-state index >= 15 is 0 Å². The molecule has 0 radical (unpaired) electrons. The van der Waals surface area contributed by atoms with Crippen molar-refractivity contribution < 1.29 is 13.4 Å². The molecular formula is C19H11N3O5. The van der Waals surface area contributed by atoms with E-state index in [-0.39, 0.29) is 23.8 Å². The number of rotatable bonds is 3. The molecule has 0 N–H and O–H groups in total. The zero-order chi connectivity index (χ0) is 18.4. The Morgan fingerprint density at radius 1 is 0.926 bits per heavy atom. The summed E-state index contributed by atoms with van der Waals surface area (Å²) in [4.78, 5) is 28.5. The van der Waals surface area contributed by atoms with Crippen LogP contribution in [0.3, 0.4) is 0 Å². The lowest BCUT2D eigenvalue weighted by molar-refractivity contribution is 0.416. The van der Waals surface area contributed by atoms with Crippen molar-refractivity contribution in [2.24, 2.45) is 0 Å². The molecule has 0 spiro atoms. The zero-order valence-corrected chi connectivity index (χ0v) is 13.8. The third-order valence-corrected chi connectivity index (χ3v) is 4.21. The molecule has 0 saturated heterocycles. The Morgan fingerprint density at radius 3 is 2.59 bits per heavy atom. The molecule has 3 heterocycles. The molecule has 3 aromatic heterocycles. The first-order chi connectivity index (χ1) is 13.2. The Hall–Kier alpha value is -3.94. The number of oxazole rings is 1. The average Bonchev–Trinajstić information content (AvgIpc) is 3.26. The molecule has 0 atom stereocenters. The molecule has 0 amide bonds. The number of hydrogen-bond acceptors (Lipinski definition) is 7. The number of aromatic nitrogens is 3. The van der Waals surface area contributed by atoms with Crippen LogP contribution in [0, 0.1) is 0 Å². The highest BCUT2D eigenvalue weighted by Gasteiger charge is 2.17. The summed E-state index contributed by atoms with van der Waals surface area (Å²) < 4.78 is 17.1. The van der Waals surface area contributed by atoms with Crippen LogP contribution in [-0.4, -0.2) is 14.7 Å². The van der Waals surface area contributed by atoms with Crippen molar-refractivity contribution in [1.82, 2.24) is 14.7 Å². The average molecular weight is 361 g/mol. The van der Waals surface area contributed by atoms with Crippen LogP contribution in [0.4, 0.5) is 0 Å². The van der Waals surface area contributed by atoms with E-state index in [0.29, 0.717) is 16.7 Å². The fraction of sp³-hybridized carbons (Fsp3) is 0.0526. The summed E-state index contributed by atoms with van der Waals surface area (Å²) in [6.45, 7) is 0.0538. The van der Waals surface area contributed by atoms with Gasteiger partial charge in [0.05, 0.1) is 12.1 Å². The van der Waals surface area contributed by atoms with Crippen LogP contribution in [0.2, 0.25) is 0 Å².